The number of nitrogens with one attached hydrogen (secondary N) is 1. The molecule has 4 aliphatic rings. The summed E-state index contributed by atoms with van der Waals surface area (Å²) in [6.07, 6.45) is 11.9. The lowest BCUT2D eigenvalue weighted by atomic mass is 9.80. The molecule has 2 unspecified atom stereocenters. The van der Waals surface area contributed by atoms with Gasteiger partial charge in [-0.15, -0.1) is 0 Å². The minimum absolute atomic E-state index is 0.0831. The SMILES string of the molecule is CC(C)C1CCC(Oc2ccc(-c3cccc(C=O)c3F)cc2)CC1.CC(C)C1CCC(Oc2ccc(-c3cccc(CN4CCC(C(=O)O)C4)c3F)cc2)CC1.COC(=O)C1CCNC1. The highest BCUT2D eigenvalue weighted by Crippen LogP contribution is 2.35. The van der Waals surface area contributed by atoms with Crippen LogP contribution in [0.4, 0.5) is 8.78 Å². The first-order valence-corrected chi connectivity index (χ1v) is 24.1. The average Bonchev–Trinajstić information content (AvgIpc) is 4.05. The number of nitrogens with zero attached hydrogens (tertiary/aromatic N) is 1. The molecule has 356 valence electrons. The van der Waals surface area contributed by atoms with Gasteiger partial charge in [0, 0.05) is 36.3 Å². The third-order valence-corrected chi connectivity index (χ3v) is 14.1. The number of ether oxygens (including phenoxy) is 3. The van der Waals surface area contributed by atoms with Crippen LogP contribution in [0, 0.1) is 47.1 Å². The van der Waals surface area contributed by atoms with Crippen molar-refractivity contribution in [2.24, 2.45) is 35.5 Å². The van der Waals surface area contributed by atoms with Crippen LogP contribution in [0.2, 0.25) is 0 Å². The second-order valence-corrected chi connectivity index (χ2v) is 19.2. The van der Waals surface area contributed by atoms with Gasteiger partial charge in [-0.25, -0.2) is 8.78 Å². The zero-order chi connectivity index (χ0) is 47.2. The molecule has 66 heavy (non-hydrogen) atoms. The van der Waals surface area contributed by atoms with Gasteiger partial charge in [-0.1, -0.05) is 82.3 Å². The molecule has 9 nitrogen and oxygen atoms in total. The number of carboxylic acids is 1. The van der Waals surface area contributed by atoms with E-state index in [0.717, 1.165) is 91.5 Å². The number of methoxy groups -OCH3 is 1. The van der Waals surface area contributed by atoms with E-state index in [9.17, 15) is 23.9 Å². The minimum atomic E-state index is -0.767. The maximum absolute atomic E-state index is 15.3. The molecular weight excluding hydrogens is 839 g/mol. The Morgan fingerprint density at radius 3 is 1.65 bits per heavy atom. The Hall–Kier alpha value is -5.13. The number of benzene rings is 4. The zero-order valence-electron chi connectivity index (χ0n) is 39.5. The second kappa shape index (κ2) is 24.6. The molecule has 0 spiro atoms. The largest absolute Gasteiger partial charge is 0.490 e. The molecule has 2 saturated carbocycles. The quantitative estimate of drug-likeness (QED) is 0.0999. The monoisotopic (exact) mass is 909 g/mol. The van der Waals surface area contributed by atoms with Crippen LogP contribution in [0.5, 0.6) is 11.5 Å². The van der Waals surface area contributed by atoms with Gasteiger partial charge in [0.15, 0.2) is 6.29 Å². The number of likely N-dealkylation sites (tertiary alicyclic amines) is 1. The van der Waals surface area contributed by atoms with Crippen molar-refractivity contribution in [3.05, 3.63) is 108 Å². The zero-order valence-corrected chi connectivity index (χ0v) is 39.5. The maximum atomic E-state index is 15.3. The number of carbonyl (C=O) groups excluding carboxylic acids is 2. The molecule has 2 N–H and O–H groups in total. The van der Waals surface area contributed by atoms with E-state index < -0.39 is 11.8 Å². The number of hydrogen-bond acceptors (Lipinski definition) is 8. The molecule has 0 amide bonds. The van der Waals surface area contributed by atoms with Gasteiger partial charge in [0.1, 0.15) is 23.1 Å². The van der Waals surface area contributed by atoms with Crippen LogP contribution in [0.15, 0.2) is 84.9 Å². The Morgan fingerprint density at radius 1 is 0.697 bits per heavy atom. The summed E-state index contributed by atoms with van der Waals surface area (Å²) in [5, 5.41) is 12.3. The van der Waals surface area contributed by atoms with Gasteiger partial charge >= 0.3 is 11.9 Å². The van der Waals surface area contributed by atoms with Gasteiger partial charge < -0.3 is 24.6 Å². The Morgan fingerprint density at radius 2 is 1.21 bits per heavy atom. The molecule has 2 aliphatic heterocycles. The molecule has 2 saturated heterocycles. The first kappa shape index (κ1) is 50.3. The number of aldehydes is 1. The van der Waals surface area contributed by atoms with Crippen LogP contribution in [-0.2, 0) is 20.9 Å². The molecule has 11 heteroatoms. The van der Waals surface area contributed by atoms with Gasteiger partial charge in [-0.2, -0.15) is 0 Å². The lowest BCUT2D eigenvalue weighted by Gasteiger charge is -2.31. The molecule has 4 aromatic rings. The van der Waals surface area contributed by atoms with Crippen LogP contribution in [0.3, 0.4) is 0 Å². The number of aliphatic carboxylic acids is 1. The lowest BCUT2D eigenvalue weighted by molar-refractivity contribution is -0.144. The van der Waals surface area contributed by atoms with Crippen LogP contribution in [-0.4, -0.2) is 73.7 Å². The van der Waals surface area contributed by atoms with Gasteiger partial charge in [0.05, 0.1) is 36.7 Å². The Balaban J connectivity index is 0.000000187. The van der Waals surface area contributed by atoms with E-state index in [1.54, 1.807) is 24.3 Å². The van der Waals surface area contributed by atoms with E-state index in [4.69, 9.17) is 9.47 Å². The van der Waals surface area contributed by atoms with E-state index in [-0.39, 0.29) is 41.4 Å². The molecule has 4 fully saturated rings. The van der Waals surface area contributed by atoms with Gasteiger partial charge in [-0.05, 0) is 142 Å². The van der Waals surface area contributed by atoms with Crippen molar-refractivity contribution in [2.45, 2.75) is 111 Å². The van der Waals surface area contributed by atoms with Gasteiger partial charge in [-0.3, -0.25) is 19.3 Å². The third kappa shape index (κ3) is 14.0. The molecule has 0 aromatic heterocycles. The summed E-state index contributed by atoms with van der Waals surface area (Å²) in [5.41, 5.74) is 3.27. The summed E-state index contributed by atoms with van der Waals surface area (Å²) < 4.78 is 46.4. The third-order valence-electron chi connectivity index (χ3n) is 14.1. The summed E-state index contributed by atoms with van der Waals surface area (Å²) in [6, 6.07) is 25.5. The van der Waals surface area contributed by atoms with E-state index in [2.05, 4.69) is 37.7 Å². The molecule has 0 radical (unpaired) electrons. The summed E-state index contributed by atoms with van der Waals surface area (Å²) >= 11 is 0. The fraction of sp³-hybridized carbons (Fsp3) is 0.509. The number of carbonyl (C=O) groups is 3. The van der Waals surface area contributed by atoms with Crippen molar-refractivity contribution in [3.63, 3.8) is 0 Å². The highest BCUT2D eigenvalue weighted by molar-refractivity contribution is 5.80. The summed E-state index contributed by atoms with van der Waals surface area (Å²) in [6.45, 7) is 12.5. The number of esters is 1. The number of carboxylic acid groups (broad SMARTS) is 1. The van der Waals surface area contributed by atoms with E-state index in [0.29, 0.717) is 49.0 Å². The van der Waals surface area contributed by atoms with E-state index >= 15 is 4.39 Å². The smallest absolute Gasteiger partial charge is 0.309 e. The molecular formula is C55H70F2N2O7. The van der Waals surface area contributed by atoms with E-state index in [1.807, 2.05) is 59.5 Å². The van der Waals surface area contributed by atoms with Gasteiger partial charge in [0.2, 0.25) is 0 Å². The van der Waals surface area contributed by atoms with Crippen molar-refractivity contribution in [1.82, 2.24) is 10.2 Å². The van der Waals surface area contributed by atoms with E-state index in [1.165, 1.54) is 38.9 Å². The van der Waals surface area contributed by atoms with Crippen LogP contribution in [0.25, 0.3) is 22.3 Å². The van der Waals surface area contributed by atoms with Crippen molar-refractivity contribution >= 4 is 18.2 Å². The minimum Gasteiger partial charge on any atom is -0.490 e. The molecule has 4 aromatic carbocycles. The van der Waals surface area contributed by atoms with Gasteiger partial charge in [0.25, 0.3) is 0 Å². The second-order valence-electron chi connectivity index (χ2n) is 19.2. The first-order valence-electron chi connectivity index (χ1n) is 24.1. The predicted octanol–water partition coefficient (Wildman–Crippen LogP) is 11.7. The fourth-order valence-electron chi connectivity index (χ4n) is 9.79. The lowest BCUT2D eigenvalue weighted by Crippen LogP contribution is -2.26. The molecule has 8 rings (SSSR count). The Kier molecular flexibility index (Phi) is 18.7. The summed E-state index contributed by atoms with van der Waals surface area (Å²) in [4.78, 5) is 34.9. The number of halogens is 2. The first-order chi connectivity index (χ1) is 31.8. The summed E-state index contributed by atoms with van der Waals surface area (Å²) in [5.74, 6) is 2.98. The fourth-order valence-corrected chi connectivity index (χ4v) is 9.79. The Bertz CT molecular complexity index is 2160. The molecule has 2 atom stereocenters. The highest BCUT2D eigenvalue weighted by Gasteiger charge is 2.29. The summed E-state index contributed by atoms with van der Waals surface area (Å²) in [7, 11) is 1.43. The topological polar surface area (TPSA) is 114 Å². The van der Waals surface area contributed by atoms with Crippen LogP contribution in [0.1, 0.15) is 108 Å². The maximum Gasteiger partial charge on any atom is 0.309 e. The molecule has 2 heterocycles. The van der Waals surface area contributed by atoms with Crippen molar-refractivity contribution in [2.75, 3.05) is 33.3 Å². The normalized spacial score (nSPS) is 23.0. The average molecular weight is 909 g/mol. The Labute approximate surface area is 390 Å². The van der Waals surface area contributed by atoms with Crippen LogP contribution < -0.4 is 14.8 Å². The highest BCUT2D eigenvalue weighted by atomic mass is 19.1. The predicted molar refractivity (Wildman–Crippen MR) is 255 cm³/mol. The van der Waals surface area contributed by atoms with Crippen molar-refractivity contribution in [1.29, 1.82) is 0 Å². The molecule has 2 aliphatic carbocycles. The number of rotatable bonds is 13. The standard InChI is InChI=1S/C27H34FNO3.C22H25FO2.C6H11NO2/c1-18(2)19-6-10-23(11-7-19)32-24-12-8-20(9-13-24)25-5-3-4-21(26(25)28)16-29-15-14-22(17-29)27(30)31;1-15(2)16-6-10-19(11-7-16)25-20-12-8-17(9-13-20)21-5-3-4-18(14-24)22(21)23;1-9-6(8)5-2-3-7-4-5/h3-5,8-9,12-13,18-19,22-23H,6-7,10-11,14-17H2,1-2H3,(H,30,31);3-5,8-9,12-16,19H,6-7,10-11H2,1-2H3;5,7H,2-4H2,1H3. The van der Waals surface area contributed by atoms with Crippen molar-refractivity contribution in [3.8, 4) is 33.8 Å². The molecule has 0 bridgehead atoms. The number of hydrogen-bond donors (Lipinski definition) is 2. The van der Waals surface area contributed by atoms with Crippen LogP contribution >= 0.6 is 0 Å². The van der Waals surface area contributed by atoms with Crippen molar-refractivity contribution < 1.29 is 42.5 Å².